The zero-order valence-electron chi connectivity index (χ0n) is 14.1. The number of piperazine rings is 1. The van der Waals surface area contributed by atoms with E-state index < -0.39 is 0 Å². The summed E-state index contributed by atoms with van der Waals surface area (Å²) in [5, 5.41) is 12.7. The van der Waals surface area contributed by atoms with Crippen LogP contribution >= 0.6 is 0 Å². The molecule has 2 atom stereocenters. The van der Waals surface area contributed by atoms with Crippen LogP contribution in [0.2, 0.25) is 0 Å². The van der Waals surface area contributed by atoms with Crippen LogP contribution in [0.25, 0.3) is 0 Å². The minimum atomic E-state index is -0.276. The van der Waals surface area contributed by atoms with Gasteiger partial charge in [0.15, 0.2) is 0 Å². The Morgan fingerprint density at radius 3 is 2.65 bits per heavy atom. The van der Waals surface area contributed by atoms with Crippen LogP contribution < -0.4 is 5.32 Å². The number of hydrogen-bond acceptors (Lipinski definition) is 5. The Labute approximate surface area is 137 Å². The number of fused-ring (bicyclic) bond motifs is 2. The number of rotatable bonds is 4. The molecule has 130 valence electrons. The molecule has 23 heavy (non-hydrogen) atoms. The van der Waals surface area contributed by atoms with E-state index in [1.54, 1.807) is 0 Å². The molecule has 2 unspecified atom stereocenters. The van der Waals surface area contributed by atoms with Gasteiger partial charge in [-0.15, -0.1) is 0 Å². The smallest absolute Gasteiger partial charge is 0.224 e. The Morgan fingerprint density at radius 1 is 1.26 bits per heavy atom. The molecule has 2 N–H and O–H groups in total. The second kappa shape index (κ2) is 6.37. The zero-order valence-corrected chi connectivity index (χ0v) is 14.1. The third-order valence-corrected chi connectivity index (χ3v) is 5.47. The molecular weight excluding hydrogens is 296 g/mol. The molecule has 3 heterocycles. The first kappa shape index (κ1) is 16.7. The fraction of sp³-hybridized carbons (Fsp3) is 0.875. The van der Waals surface area contributed by atoms with Crippen LogP contribution in [0.1, 0.15) is 26.7 Å². The van der Waals surface area contributed by atoms with Gasteiger partial charge in [0, 0.05) is 58.7 Å². The summed E-state index contributed by atoms with van der Waals surface area (Å²) in [5.41, 5.74) is 0.0140. The molecule has 3 fully saturated rings. The Bertz CT molecular complexity index is 478. The number of amides is 2. The highest BCUT2D eigenvalue weighted by atomic mass is 16.3. The van der Waals surface area contributed by atoms with Crippen molar-refractivity contribution in [3.05, 3.63) is 0 Å². The Balaban J connectivity index is 1.64. The Morgan fingerprint density at radius 2 is 2.00 bits per heavy atom. The van der Waals surface area contributed by atoms with Gasteiger partial charge in [0.25, 0.3) is 0 Å². The SMILES string of the molecule is CCN1CC2(C1)CN(C(=O)CCNC(C)=O)CC1CC(O)CN12. The van der Waals surface area contributed by atoms with Crippen molar-refractivity contribution in [2.24, 2.45) is 0 Å². The molecular formula is C16H28N4O3. The summed E-state index contributed by atoms with van der Waals surface area (Å²) in [7, 11) is 0. The summed E-state index contributed by atoms with van der Waals surface area (Å²) in [6, 6.07) is 0.266. The van der Waals surface area contributed by atoms with E-state index in [1.165, 1.54) is 6.92 Å². The molecule has 0 aliphatic carbocycles. The zero-order chi connectivity index (χ0) is 16.6. The monoisotopic (exact) mass is 324 g/mol. The van der Waals surface area contributed by atoms with Crippen LogP contribution in [-0.4, -0.2) is 95.1 Å². The second-order valence-electron chi connectivity index (χ2n) is 7.23. The molecule has 3 rings (SSSR count). The molecule has 2 amide bonds. The molecule has 3 aliphatic rings. The highest BCUT2D eigenvalue weighted by Gasteiger charge is 2.56. The summed E-state index contributed by atoms with van der Waals surface area (Å²) in [5.74, 6) is 0.00435. The van der Waals surface area contributed by atoms with Gasteiger partial charge in [0.2, 0.25) is 11.8 Å². The third-order valence-electron chi connectivity index (χ3n) is 5.47. The molecule has 0 saturated carbocycles. The van der Waals surface area contributed by atoms with E-state index in [-0.39, 0.29) is 29.5 Å². The summed E-state index contributed by atoms with van der Waals surface area (Å²) in [6.07, 6.45) is 0.827. The number of carbonyl (C=O) groups is 2. The van der Waals surface area contributed by atoms with Crippen molar-refractivity contribution in [1.29, 1.82) is 0 Å². The van der Waals surface area contributed by atoms with Crippen LogP contribution in [0.5, 0.6) is 0 Å². The molecule has 1 spiro atoms. The number of aliphatic hydroxyl groups is 1. The van der Waals surface area contributed by atoms with Crippen LogP contribution in [-0.2, 0) is 9.59 Å². The fourth-order valence-electron chi connectivity index (χ4n) is 4.40. The topological polar surface area (TPSA) is 76.1 Å². The lowest BCUT2D eigenvalue weighted by Gasteiger charge is -2.61. The number of nitrogens with zero attached hydrogens (tertiary/aromatic N) is 3. The lowest BCUT2D eigenvalue weighted by atomic mass is 9.83. The average molecular weight is 324 g/mol. The van der Waals surface area contributed by atoms with Crippen molar-refractivity contribution in [3.8, 4) is 0 Å². The highest BCUT2D eigenvalue weighted by Crippen LogP contribution is 2.38. The lowest BCUT2D eigenvalue weighted by Crippen LogP contribution is -2.78. The van der Waals surface area contributed by atoms with Crippen LogP contribution in [0.4, 0.5) is 0 Å². The van der Waals surface area contributed by atoms with E-state index >= 15 is 0 Å². The number of hydrogen-bond donors (Lipinski definition) is 2. The van der Waals surface area contributed by atoms with Gasteiger partial charge in [-0.2, -0.15) is 0 Å². The molecule has 0 aromatic carbocycles. The average Bonchev–Trinajstić information content (AvgIpc) is 2.83. The van der Waals surface area contributed by atoms with Crippen molar-refractivity contribution in [2.75, 3.05) is 45.8 Å². The van der Waals surface area contributed by atoms with Gasteiger partial charge < -0.3 is 15.3 Å². The van der Waals surface area contributed by atoms with Crippen LogP contribution in [0.15, 0.2) is 0 Å². The molecule has 0 aromatic rings. The third kappa shape index (κ3) is 3.22. The molecule has 7 heteroatoms. The Kier molecular flexibility index (Phi) is 4.62. The molecule has 0 radical (unpaired) electrons. The van der Waals surface area contributed by atoms with Gasteiger partial charge in [-0.1, -0.05) is 6.92 Å². The summed E-state index contributed by atoms with van der Waals surface area (Å²) in [6.45, 7) is 9.17. The van der Waals surface area contributed by atoms with Crippen molar-refractivity contribution < 1.29 is 14.7 Å². The fourth-order valence-corrected chi connectivity index (χ4v) is 4.40. The summed E-state index contributed by atoms with van der Waals surface area (Å²) in [4.78, 5) is 30.2. The second-order valence-corrected chi connectivity index (χ2v) is 7.23. The van der Waals surface area contributed by atoms with Crippen molar-refractivity contribution in [2.45, 2.75) is 44.4 Å². The van der Waals surface area contributed by atoms with E-state index in [0.717, 1.165) is 39.1 Å². The highest BCUT2D eigenvalue weighted by molar-refractivity contribution is 5.78. The van der Waals surface area contributed by atoms with Crippen LogP contribution in [0.3, 0.4) is 0 Å². The first-order valence-corrected chi connectivity index (χ1v) is 8.63. The van der Waals surface area contributed by atoms with Crippen LogP contribution in [0, 0.1) is 0 Å². The van der Waals surface area contributed by atoms with Gasteiger partial charge in [-0.25, -0.2) is 0 Å². The van der Waals surface area contributed by atoms with Gasteiger partial charge in [-0.05, 0) is 13.0 Å². The maximum absolute atomic E-state index is 12.5. The quantitative estimate of drug-likeness (QED) is 0.684. The number of likely N-dealkylation sites (tertiary alicyclic amines) is 1. The maximum Gasteiger partial charge on any atom is 0.224 e. The standard InChI is InChI=1S/C16H28N4O3/c1-3-18-9-16(10-18)11-19(15(23)4-5-17-12(2)21)7-13-6-14(22)8-20(13)16/h13-14,22H,3-11H2,1-2H3,(H,17,21). The maximum atomic E-state index is 12.5. The van der Waals surface area contributed by atoms with E-state index in [1.807, 2.05) is 4.90 Å². The molecule has 7 nitrogen and oxygen atoms in total. The van der Waals surface area contributed by atoms with Crippen molar-refractivity contribution in [1.82, 2.24) is 20.0 Å². The van der Waals surface area contributed by atoms with Gasteiger partial charge in [-0.3, -0.25) is 19.4 Å². The normalized spacial score (nSPS) is 30.1. The predicted molar refractivity (Wildman–Crippen MR) is 85.8 cm³/mol. The minimum absolute atomic E-state index is 0.0140. The Hall–Kier alpha value is -1.18. The van der Waals surface area contributed by atoms with E-state index in [2.05, 4.69) is 22.0 Å². The molecule has 3 aliphatic heterocycles. The van der Waals surface area contributed by atoms with Crippen molar-refractivity contribution >= 4 is 11.8 Å². The van der Waals surface area contributed by atoms with E-state index in [0.29, 0.717) is 19.5 Å². The molecule has 0 aromatic heterocycles. The number of nitrogens with one attached hydrogen (secondary N) is 1. The van der Waals surface area contributed by atoms with Gasteiger partial charge in [0.05, 0.1) is 11.6 Å². The van der Waals surface area contributed by atoms with E-state index in [4.69, 9.17) is 0 Å². The summed E-state index contributed by atoms with van der Waals surface area (Å²) < 4.78 is 0. The first-order valence-electron chi connectivity index (χ1n) is 8.63. The number of aliphatic hydroxyl groups excluding tert-OH is 1. The minimum Gasteiger partial charge on any atom is -0.392 e. The predicted octanol–water partition coefficient (Wildman–Crippen LogP) is -1.14. The number of carbonyl (C=O) groups excluding carboxylic acids is 2. The number of β-amino-alcohol motifs (C(OH)–C–C–N with tert-alkyl or cyclic N) is 1. The van der Waals surface area contributed by atoms with Gasteiger partial charge in [0.1, 0.15) is 0 Å². The first-order chi connectivity index (χ1) is 10.9. The van der Waals surface area contributed by atoms with E-state index in [9.17, 15) is 14.7 Å². The van der Waals surface area contributed by atoms with Crippen molar-refractivity contribution in [3.63, 3.8) is 0 Å². The number of likely N-dealkylation sites (N-methyl/N-ethyl adjacent to an activating group) is 1. The molecule has 0 bridgehead atoms. The molecule has 3 saturated heterocycles. The largest absolute Gasteiger partial charge is 0.392 e. The van der Waals surface area contributed by atoms with Gasteiger partial charge >= 0.3 is 0 Å². The summed E-state index contributed by atoms with van der Waals surface area (Å²) >= 11 is 0. The lowest BCUT2D eigenvalue weighted by molar-refractivity contribution is -0.149.